The first-order chi connectivity index (χ1) is 6.70. The molecule has 1 aromatic heterocycles. The third-order valence-electron chi connectivity index (χ3n) is 2.42. The minimum Gasteiger partial charge on any atom is -0.395 e. The Kier molecular flexibility index (Phi) is 4.10. The molecule has 0 saturated carbocycles. The molecule has 4 nitrogen and oxygen atoms in total. The molecule has 2 N–H and O–H groups in total. The number of hydrogen-bond acceptors (Lipinski definition) is 3. The van der Waals surface area contributed by atoms with Crippen LogP contribution < -0.4 is 5.32 Å². The molecule has 1 heterocycles. The molecule has 0 radical (unpaired) electrons. The van der Waals surface area contributed by atoms with E-state index in [9.17, 15) is 0 Å². The van der Waals surface area contributed by atoms with Gasteiger partial charge < -0.3 is 10.4 Å². The molecule has 0 aromatic carbocycles. The second-order valence-corrected chi connectivity index (χ2v) is 3.37. The average molecular weight is 197 g/mol. The van der Waals surface area contributed by atoms with Gasteiger partial charge in [0, 0.05) is 30.9 Å². The Morgan fingerprint density at radius 2 is 2.14 bits per heavy atom. The lowest BCUT2D eigenvalue weighted by Gasteiger charge is -2.03. The van der Waals surface area contributed by atoms with Crippen LogP contribution in [-0.2, 0) is 13.1 Å². The number of aliphatic hydroxyl groups excluding tert-OH is 1. The minimum atomic E-state index is 0.181. The van der Waals surface area contributed by atoms with Crippen molar-refractivity contribution in [2.45, 2.75) is 33.9 Å². The van der Waals surface area contributed by atoms with Crippen molar-refractivity contribution in [2.75, 3.05) is 13.2 Å². The summed E-state index contributed by atoms with van der Waals surface area (Å²) in [7, 11) is 0. The molecule has 0 amide bonds. The van der Waals surface area contributed by atoms with E-state index in [0.717, 1.165) is 18.8 Å². The first-order valence-corrected chi connectivity index (χ1v) is 5.05. The highest BCUT2D eigenvalue weighted by Gasteiger charge is 2.09. The molecular weight excluding hydrogens is 178 g/mol. The van der Waals surface area contributed by atoms with E-state index in [1.54, 1.807) is 0 Å². The Labute approximate surface area is 84.9 Å². The number of aromatic nitrogens is 2. The van der Waals surface area contributed by atoms with E-state index in [1.165, 1.54) is 11.3 Å². The third kappa shape index (κ3) is 2.33. The van der Waals surface area contributed by atoms with E-state index in [-0.39, 0.29) is 6.61 Å². The maximum atomic E-state index is 8.65. The largest absolute Gasteiger partial charge is 0.395 e. The van der Waals surface area contributed by atoms with Gasteiger partial charge in [0.25, 0.3) is 0 Å². The Hall–Kier alpha value is -0.870. The summed E-state index contributed by atoms with van der Waals surface area (Å²) in [6, 6.07) is 0. The predicted molar refractivity (Wildman–Crippen MR) is 56.2 cm³/mol. The van der Waals surface area contributed by atoms with Crippen LogP contribution in [-0.4, -0.2) is 28.0 Å². The summed E-state index contributed by atoms with van der Waals surface area (Å²) in [5, 5.41) is 16.2. The fraction of sp³-hybridized carbons (Fsp3) is 0.700. The number of aryl methyl sites for hydroxylation is 2. The minimum absolute atomic E-state index is 0.181. The molecule has 0 aliphatic rings. The van der Waals surface area contributed by atoms with Crippen LogP contribution in [0.4, 0.5) is 0 Å². The molecule has 14 heavy (non-hydrogen) atoms. The van der Waals surface area contributed by atoms with Gasteiger partial charge in [0.2, 0.25) is 0 Å². The zero-order chi connectivity index (χ0) is 10.6. The van der Waals surface area contributed by atoms with Crippen LogP contribution in [0, 0.1) is 13.8 Å². The van der Waals surface area contributed by atoms with E-state index >= 15 is 0 Å². The normalized spacial score (nSPS) is 10.9. The third-order valence-corrected chi connectivity index (χ3v) is 2.42. The van der Waals surface area contributed by atoms with Crippen LogP contribution in [0.5, 0.6) is 0 Å². The van der Waals surface area contributed by atoms with Crippen molar-refractivity contribution in [3.8, 4) is 0 Å². The summed E-state index contributed by atoms with van der Waals surface area (Å²) in [5.74, 6) is 0. The molecule has 80 valence electrons. The number of hydrogen-bond donors (Lipinski definition) is 2. The van der Waals surface area contributed by atoms with Gasteiger partial charge in [-0.2, -0.15) is 5.10 Å². The van der Waals surface area contributed by atoms with Gasteiger partial charge in [0.1, 0.15) is 0 Å². The monoisotopic (exact) mass is 197 g/mol. The highest BCUT2D eigenvalue weighted by atomic mass is 16.3. The van der Waals surface area contributed by atoms with Crippen LogP contribution in [0.3, 0.4) is 0 Å². The maximum absolute atomic E-state index is 8.65. The van der Waals surface area contributed by atoms with Crippen molar-refractivity contribution >= 4 is 0 Å². The van der Waals surface area contributed by atoms with Crippen molar-refractivity contribution in [2.24, 2.45) is 0 Å². The van der Waals surface area contributed by atoms with E-state index < -0.39 is 0 Å². The second kappa shape index (κ2) is 5.12. The highest BCUT2D eigenvalue weighted by molar-refractivity contribution is 5.24. The van der Waals surface area contributed by atoms with Gasteiger partial charge in [-0.05, 0) is 20.8 Å². The lowest BCUT2D eigenvalue weighted by Crippen LogP contribution is -2.18. The Morgan fingerprint density at radius 1 is 1.43 bits per heavy atom. The van der Waals surface area contributed by atoms with Gasteiger partial charge in [-0.25, -0.2) is 0 Å². The summed E-state index contributed by atoms with van der Waals surface area (Å²) in [6.07, 6.45) is 0. The SMILES string of the molecule is CCn1nc(C)c(CNCCO)c1C. The number of rotatable bonds is 5. The van der Waals surface area contributed by atoms with E-state index in [4.69, 9.17) is 5.11 Å². The van der Waals surface area contributed by atoms with Gasteiger partial charge >= 0.3 is 0 Å². The fourth-order valence-corrected chi connectivity index (χ4v) is 1.59. The first-order valence-electron chi connectivity index (χ1n) is 5.05. The molecule has 0 aliphatic heterocycles. The second-order valence-electron chi connectivity index (χ2n) is 3.37. The summed E-state index contributed by atoms with van der Waals surface area (Å²) in [4.78, 5) is 0. The van der Waals surface area contributed by atoms with E-state index in [1.807, 2.05) is 11.6 Å². The van der Waals surface area contributed by atoms with Crippen LogP contribution in [0.2, 0.25) is 0 Å². The van der Waals surface area contributed by atoms with Gasteiger partial charge in [0.05, 0.1) is 12.3 Å². The van der Waals surface area contributed by atoms with Crippen LogP contribution in [0.25, 0.3) is 0 Å². The topological polar surface area (TPSA) is 50.1 Å². The molecule has 1 rings (SSSR count). The Morgan fingerprint density at radius 3 is 2.64 bits per heavy atom. The fourth-order valence-electron chi connectivity index (χ4n) is 1.59. The zero-order valence-electron chi connectivity index (χ0n) is 9.17. The van der Waals surface area contributed by atoms with E-state index in [0.29, 0.717) is 6.54 Å². The number of nitrogens with zero attached hydrogens (tertiary/aromatic N) is 2. The summed E-state index contributed by atoms with van der Waals surface area (Å²) in [5.41, 5.74) is 3.55. The molecule has 0 saturated heterocycles. The molecule has 0 atom stereocenters. The molecule has 0 aliphatic carbocycles. The zero-order valence-corrected chi connectivity index (χ0v) is 9.17. The lowest BCUT2D eigenvalue weighted by atomic mass is 10.2. The standard InChI is InChI=1S/C10H19N3O/c1-4-13-9(3)10(8(2)12-13)7-11-5-6-14/h11,14H,4-7H2,1-3H3. The van der Waals surface area contributed by atoms with Gasteiger partial charge in [-0.3, -0.25) is 4.68 Å². The first kappa shape index (κ1) is 11.2. The number of aliphatic hydroxyl groups is 1. The summed E-state index contributed by atoms with van der Waals surface area (Å²) < 4.78 is 2.01. The molecule has 0 unspecified atom stereocenters. The molecule has 4 heteroatoms. The van der Waals surface area contributed by atoms with Crippen molar-refractivity contribution in [1.82, 2.24) is 15.1 Å². The van der Waals surface area contributed by atoms with Gasteiger partial charge in [0.15, 0.2) is 0 Å². The van der Waals surface area contributed by atoms with Crippen LogP contribution in [0.15, 0.2) is 0 Å². The number of nitrogens with one attached hydrogen (secondary N) is 1. The summed E-state index contributed by atoms with van der Waals surface area (Å²) >= 11 is 0. The van der Waals surface area contributed by atoms with Gasteiger partial charge in [-0.15, -0.1) is 0 Å². The van der Waals surface area contributed by atoms with Crippen molar-refractivity contribution in [3.63, 3.8) is 0 Å². The predicted octanol–water partition coefficient (Wildman–Crippen LogP) is 0.602. The van der Waals surface area contributed by atoms with Crippen molar-refractivity contribution in [3.05, 3.63) is 17.0 Å². The average Bonchev–Trinajstić information content (AvgIpc) is 2.45. The summed E-state index contributed by atoms with van der Waals surface area (Å²) in [6.45, 7) is 8.71. The smallest absolute Gasteiger partial charge is 0.0641 e. The molecule has 0 spiro atoms. The molecular formula is C10H19N3O. The van der Waals surface area contributed by atoms with Crippen LogP contribution >= 0.6 is 0 Å². The molecule has 0 fully saturated rings. The van der Waals surface area contributed by atoms with Crippen LogP contribution in [0.1, 0.15) is 23.9 Å². The quantitative estimate of drug-likeness (QED) is 0.680. The Balaban J connectivity index is 2.70. The maximum Gasteiger partial charge on any atom is 0.0641 e. The van der Waals surface area contributed by atoms with E-state index in [2.05, 4.69) is 24.3 Å². The molecule has 1 aromatic rings. The van der Waals surface area contributed by atoms with Gasteiger partial charge in [-0.1, -0.05) is 0 Å². The van der Waals surface area contributed by atoms with Crippen molar-refractivity contribution < 1.29 is 5.11 Å². The highest BCUT2D eigenvalue weighted by Crippen LogP contribution is 2.12. The molecule has 0 bridgehead atoms. The Bertz CT molecular complexity index is 294. The lowest BCUT2D eigenvalue weighted by molar-refractivity contribution is 0.292. The van der Waals surface area contributed by atoms with Crippen molar-refractivity contribution in [1.29, 1.82) is 0 Å².